The van der Waals surface area contributed by atoms with Crippen molar-refractivity contribution in [2.45, 2.75) is 5.37 Å². The third-order valence-corrected chi connectivity index (χ3v) is 3.86. The number of methoxy groups -OCH3 is 1. The molecule has 1 amide bonds. The van der Waals surface area contributed by atoms with Crippen molar-refractivity contribution in [1.82, 2.24) is 5.43 Å². The molecule has 0 spiro atoms. The van der Waals surface area contributed by atoms with Gasteiger partial charge in [0.05, 0.1) is 7.11 Å². The van der Waals surface area contributed by atoms with E-state index in [0.717, 1.165) is 23.7 Å². The zero-order valence-corrected chi connectivity index (χ0v) is 10.4. The van der Waals surface area contributed by atoms with E-state index in [1.54, 1.807) is 18.9 Å². The van der Waals surface area contributed by atoms with E-state index in [-0.39, 0.29) is 11.3 Å². The molecule has 1 fully saturated rings. The van der Waals surface area contributed by atoms with Crippen LogP contribution in [0.3, 0.4) is 0 Å². The van der Waals surface area contributed by atoms with Gasteiger partial charge in [0.25, 0.3) is 5.91 Å². The fourth-order valence-corrected chi connectivity index (χ4v) is 2.95. The number of hydrazine groups is 1. The van der Waals surface area contributed by atoms with Crippen LogP contribution in [0.1, 0.15) is 0 Å². The molecule has 1 aliphatic heterocycles. The van der Waals surface area contributed by atoms with Gasteiger partial charge in [0.2, 0.25) is 0 Å². The summed E-state index contributed by atoms with van der Waals surface area (Å²) in [6, 6.07) is 7.66. The lowest BCUT2D eigenvalue weighted by Gasteiger charge is -2.24. The average molecular weight is 253 g/mol. The molecule has 1 aliphatic rings. The van der Waals surface area contributed by atoms with E-state index >= 15 is 0 Å². The Morgan fingerprint density at radius 1 is 1.53 bits per heavy atom. The third kappa shape index (κ3) is 2.48. The molecule has 1 aromatic carbocycles. The highest BCUT2D eigenvalue weighted by Crippen LogP contribution is 2.30. The lowest BCUT2D eigenvalue weighted by atomic mass is 10.2. The van der Waals surface area contributed by atoms with Crippen molar-refractivity contribution in [2.24, 2.45) is 5.84 Å². The molecule has 3 N–H and O–H groups in total. The number of anilines is 1. The Balaban J connectivity index is 2.17. The third-order valence-electron chi connectivity index (χ3n) is 2.66. The Labute approximate surface area is 104 Å². The van der Waals surface area contributed by atoms with Crippen LogP contribution in [0.5, 0.6) is 5.75 Å². The number of nitrogens with two attached hydrogens (primary N) is 1. The lowest BCUT2D eigenvalue weighted by molar-refractivity contribution is -0.120. The minimum atomic E-state index is -0.242. The van der Waals surface area contributed by atoms with Gasteiger partial charge in [-0.25, -0.2) is 5.84 Å². The van der Waals surface area contributed by atoms with Crippen molar-refractivity contribution >= 4 is 23.4 Å². The van der Waals surface area contributed by atoms with Crippen molar-refractivity contribution < 1.29 is 9.53 Å². The first-order valence-corrected chi connectivity index (χ1v) is 6.34. The number of ether oxygens (including phenoxy) is 1. The molecule has 2 rings (SSSR count). The van der Waals surface area contributed by atoms with Crippen LogP contribution in [0.2, 0.25) is 0 Å². The van der Waals surface area contributed by atoms with E-state index in [2.05, 4.69) is 5.43 Å². The molecular formula is C11H15N3O2S. The molecule has 6 heteroatoms. The molecule has 1 aromatic rings. The molecule has 1 heterocycles. The Morgan fingerprint density at radius 2 is 2.24 bits per heavy atom. The normalized spacial score (nSPS) is 19.2. The monoisotopic (exact) mass is 253 g/mol. The van der Waals surface area contributed by atoms with Gasteiger partial charge in [-0.2, -0.15) is 0 Å². The molecule has 0 unspecified atom stereocenters. The average Bonchev–Trinajstić information content (AvgIpc) is 2.87. The van der Waals surface area contributed by atoms with Gasteiger partial charge in [0, 0.05) is 18.0 Å². The highest BCUT2D eigenvalue weighted by molar-refractivity contribution is 8.01. The van der Waals surface area contributed by atoms with E-state index in [9.17, 15) is 4.79 Å². The summed E-state index contributed by atoms with van der Waals surface area (Å²) in [4.78, 5) is 13.6. The van der Waals surface area contributed by atoms with Crippen LogP contribution in [-0.2, 0) is 4.79 Å². The molecule has 0 bridgehead atoms. The van der Waals surface area contributed by atoms with Gasteiger partial charge in [-0.15, -0.1) is 11.8 Å². The Kier molecular flexibility index (Phi) is 3.75. The van der Waals surface area contributed by atoms with Crippen molar-refractivity contribution in [3.05, 3.63) is 24.3 Å². The number of carbonyl (C=O) groups is 1. The van der Waals surface area contributed by atoms with Crippen molar-refractivity contribution in [2.75, 3.05) is 24.3 Å². The van der Waals surface area contributed by atoms with Crippen molar-refractivity contribution in [3.8, 4) is 5.75 Å². The van der Waals surface area contributed by atoms with Crippen LogP contribution < -0.4 is 20.9 Å². The molecule has 92 valence electrons. The minimum Gasteiger partial charge on any atom is -0.497 e. The van der Waals surface area contributed by atoms with Gasteiger partial charge < -0.3 is 9.64 Å². The quantitative estimate of drug-likeness (QED) is 0.468. The summed E-state index contributed by atoms with van der Waals surface area (Å²) in [7, 11) is 1.63. The Bertz CT molecular complexity index is 396. The van der Waals surface area contributed by atoms with Crippen molar-refractivity contribution in [3.63, 3.8) is 0 Å². The summed E-state index contributed by atoms with van der Waals surface area (Å²) in [6.45, 7) is 0.842. The number of rotatable bonds is 3. The lowest BCUT2D eigenvalue weighted by Crippen LogP contribution is -2.44. The van der Waals surface area contributed by atoms with Gasteiger partial charge in [0.1, 0.15) is 5.75 Å². The van der Waals surface area contributed by atoms with Crippen LogP contribution in [-0.4, -0.2) is 30.7 Å². The predicted octanol–water partition coefficient (Wildman–Crippen LogP) is 0.564. The van der Waals surface area contributed by atoms with E-state index in [4.69, 9.17) is 10.6 Å². The molecule has 0 aromatic heterocycles. The first-order chi connectivity index (χ1) is 8.26. The number of thioether (sulfide) groups is 1. The second-order valence-electron chi connectivity index (χ2n) is 3.62. The summed E-state index contributed by atoms with van der Waals surface area (Å²) in [6.07, 6.45) is 0. The maximum atomic E-state index is 11.6. The first-order valence-electron chi connectivity index (χ1n) is 5.29. The summed E-state index contributed by atoms with van der Waals surface area (Å²) >= 11 is 1.59. The number of carbonyl (C=O) groups excluding carboxylic acids is 1. The largest absolute Gasteiger partial charge is 0.497 e. The van der Waals surface area contributed by atoms with Gasteiger partial charge in [-0.3, -0.25) is 10.2 Å². The Morgan fingerprint density at radius 3 is 2.82 bits per heavy atom. The molecule has 1 atom stereocenters. The van der Waals surface area contributed by atoms with Crippen LogP contribution in [0.4, 0.5) is 5.69 Å². The van der Waals surface area contributed by atoms with Crippen LogP contribution in [0, 0.1) is 0 Å². The highest BCUT2D eigenvalue weighted by atomic mass is 32.2. The summed E-state index contributed by atoms with van der Waals surface area (Å²) < 4.78 is 5.10. The van der Waals surface area contributed by atoms with E-state index in [1.165, 1.54) is 0 Å². The number of benzene rings is 1. The van der Waals surface area contributed by atoms with Gasteiger partial charge in [-0.05, 0) is 24.3 Å². The highest BCUT2D eigenvalue weighted by Gasteiger charge is 2.31. The Hall–Kier alpha value is -1.40. The minimum absolute atomic E-state index is 0.164. The number of hydrogen-bond acceptors (Lipinski definition) is 5. The summed E-state index contributed by atoms with van der Waals surface area (Å²) in [5.74, 6) is 6.74. The van der Waals surface area contributed by atoms with E-state index in [1.807, 2.05) is 29.2 Å². The van der Waals surface area contributed by atoms with Crippen LogP contribution in [0.25, 0.3) is 0 Å². The first kappa shape index (κ1) is 12.1. The van der Waals surface area contributed by atoms with Gasteiger partial charge >= 0.3 is 0 Å². The number of hydrogen-bond donors (Lipinski definition) is 2. The van der Waals surface area contributed by atoms with E-state index < -0.39 is 0 Å². The number of nitrogens with zero attached hydrogens (tertiary/aromatic N) is 1. The van der Waals surface area contributed by atoms with E-state index in [0.29, 0.717) is 0 Å². The summed E-state index contributed by atoms with van der Waals surface area (Å²) in [5.41, 5.74) is 3.21. The van der Waals surface area contributed by atoms with Gasteiger partial charge in [0.15, 0.2) is 5.37 Å². The fraction of sp³-hybridized carbons (Fsp3) is 0.364. The van der Waals surface area contributed by atoms with Gasteiger partial charge in [-0.1, -0.05) is 0 Å². The summed E-state index contributed by atoms with van der Waals surface area (Å²) in [5, 5.41) is -0.242. The molecule has 5 nitrogen and oxygen atoms in total. The molecular weight excluding hydrogens is 238 g/mol. The zero-order chi connectivity index (χ0) is 12.3. The maximum Gasteiger partial charge on any atom is 0.267 e. The maximum absolute atomic E-state index is 11.6. The topological polar surface area (TPSA) is 67.6 Å². The molecule has 1 saturated heterocycles. The second-order valence-corrected chi connectivity index (χ2v) is 4.81. The van der Waals surface area contributed by atoms with Crippen LogP contribution >= 0.6 is 11.8 Å². The molecule has 0 aliphatic carbocycles. The van der Waals surface area contributed by atoms with Crippen LogP contribution in [0.15, 0.2) is 24.3 Å². The second kappa shape index (κ2) is 5.29. The number of amides is 1. The number of nitrogens with one attached hydrogen (secondary N) is 1. The SMILES string of the molecule is COc1ccc(N2CCS[C@H]2C(=O)NN)cc1. The standard InChI is InChI=1S/C11H15N3O2S/c1-16-9-4-2-8(3-5-9)14-6-7-17-11(14)10(15)13-12/h2-5,11H,6-7,12H2,1H3,(H,13,15)/t11-/m0/s1. The van der Waals surface area contributed by atoms with Crippen molar-refractivity contribution in [1.29, 1.82) is 0 Å². The zero-order valence-electron chi connectivity index (χ0n) is 9.55. The molecule has 17 heavy (non-hydrogen) atoms. The smallest absolute Gasteiger partial charge is 0.267 e. The fourth-order valence-electron chi connectivity index (χ4n) is 1.80. The predicted molar refractivity (Wildman–Crippen MR) is 68.9 cm³/mol. The molecule has 0 radical (unpaired) electrons. The molecule has 0 saturated carbocycles.